The second kappa shape index (κ2) is 8.08. The Morgan fingerprint density at radius 2 is 2.05 bits per heavy atom. The van der Waals surface area contributed by atoms with Gasteiger partial charge >= 0.3 is 5.97 Å². The Labute approximate surface area is 129 Å². The maximum absolute atomic E-state index is 12.0. The number of benzene rings is 1. The molecule has 114 valence electrons. The largest absolute Gasteiger partial charge is 0.481 e. The molecule has 1 aliphatic heterocycles. The van der Waals surface area contributed by atoms with E-state index in [2.05, 4.69) is 5.32 Å². The van der Waals surface area contributed by atoms with Crippen LogP contribution >= 0.6 is 11.8 Å². The van der Waals surface area contributed by atoms with Crippen molar-refractivity contribution >= 4 is 29.3 Å². The molecule has 2 N–H and O–H groups in total. The summed E-state index contributed by atoms with van der Waals surface area (Å²) >= 11 is 1.96. The van der Waals surface area contributed by atoms with Crippen LogP contribution in [0.5, 0.6) is 0 Å². The van der Waals surface area contributed by atoms with Crippen LogP contribution in [0.15, 0.2) is 24.3 Å². The topological polar surface area (TPSA) is 66.4 Å². The smallest absolute Gasteiger partial charge is 0.303 e. The van der Waals surface area contributed by atoms with E-state index in [1.165, 1.54) is 0 Å². The van der Waals surface area contributed by atoms with Crippen LogP contribution in [0.4, 0.5) is 5.69 Å². The normalized spacial score (nSPS) is 15.6. The molecule has 1 heterocycles. The quantitative estimate of drug-likeness (QED) is 0.847. The van der Waals surface area contributed by atoms with Crippen molar-refractivity contribution in [2.75, 3.05) is 16.8 Å². The summed E-state index contributed by atoms with van der Waals surface area (Å²) in [5.41, 5.74) is 1.69. The molecule has 5 heteroatoms. The maximum Gasteiger partial charge on any atom is 0.303 e. The van der Waals surface area contributed by atoms with Crippen molar-refractivity contribution in [1.82, 2.24) is 0 Å². The van der Waals surface area contributed by atoms with Crippen molar-refractivity contribution in [1.29, 1.82) is 0 Å². The summed E-state index contributed by atoms with van der Waals surface area (Å²) in [6, 6.07) is 7.44. The van der Waals surface area contributed by atoms with Gasteiger partial charge in [-0.05, 0) is 54.4 Å². The Morgan fingerprint density at radius 1 is 1.29 bits per heavy atom. The Morgan fingerprint density at radius 3 is 2.76 bits per heavy atom. The highest BCUT2D eigenvalue weighted by Gasteiger charge is 2.17. The number of aryl methyl sites for hydroxylation is 1. The number of carboxylic acid groups (broad SMARTS) is 1. The summed E-state index contributed by atoms with van der Waals surface area (Å²) in [6.07, 6.45) is 3.42. The van der Waals surface area contributed by atoms with E-state index in [-0.39, 0.29) is 12.3 Å². The number of thioether (sulfide) groups is 1. The van der Waals surface area contributed by atoms with Crippen LogP contribution in [0, 0.1) is 5.92 Å². The van der Waals surface area contributed by atoms with Crippen molar-refractivity contribution in [3.8, 4) is 0 Å². The Kier molecular flexibility index (Phi) is 6.11. The minimum atomic E-state index is -0.806. The fourth-order valence-corrected chi connectivity index (χ4v) is 3.68. The standard InChI is InChI=1S/C16H21NO3S/c18-15(11-13-6-8-21-9-7-13)17-14-3-1-2-12(10-14)4-5-16(19)20/h1-3,10,13H,4-9,11H2,(H,17,18)(H,19,20). The van der Waals surface area contributed by atoms with Gasteiger partial charge in [0.1, 0.15) is 0 Å². The minimum absolute atomic E-state index is 0.0577. The molecule has 0 bridgehead atoms. The number of carboxylic acids is 1. The predicted molar refractivity (Wildman–Crippen MR) is 85.7 cm³/mol. The van der Waals surface area contributed by atoms with Crippen molar-refractivity contribution < 1.29 is 14.7 Å². The first-order valence-electron chi connectivity index (χ1n) is 7.32. The molecule has 0 radical (unpaired) electrons. The predicted octanol–water partition coefficient (Wildman–Crippen LogP) is 3.18. The molecule has 0 spiro atoms. The lowest BCUT2D eigenvalue weighted by molar-refractivity contribution is -0.137. The Bertz CT molecular complexity index is 498. The molecule has 1 fully saturated rings. The average Bonchev–Trinajstić information content (AvgIpc) is 2.46. The summed E-state index contributed by atoms with van der Waals surface area (Å²) in [5, 5.41) is 11.6. The van der Waals surface area contributed by atoms with Crippen LogP contribution in [0.25, 0.3) is 0 Å². The zero-order chi connectivity index (χ0) is 15.1. The maximum atomic E-state index is 12.0. The van der Waals surface area contributed by atoms with E-state index in [0.717, 1.165) is 35.6 Å². The van der Waals surface area contributed by atoms with E-state index in [0.29, 0.717) is 18.8 Å². The van der Waals surface area contributed by atoms with Gasteiger partial charge in [0.15, 0.2) is 0 Å². The second-order valence-electron chi connectivity index (χ2n) is 5.40. The molecule has 4 nitrogen and oxygen atoms in total. The van der Waals surface area contributed by atoms with Crippen LogP contribution in [-0.2, 0) is 16.0 Å². The van der Waals surface area contributed by atoms with Gasteiger partial charge in [-0.2, -0.15) is 11.8 Å². The lowest BCUT2D eigenvalue weighted by Gasteiger charge is -2.20. The molecular weight excluding hydrogens is 286 g/mol. The van der Waals surface area contributed by atoms with Crippen molar-refractivity contribution in [3.05, 3.63) is 29.8 Å². The molecule has 0 aliphatic carbocycles. The molecule has 1 aromatic rings. The van der Waals surface area contributed by atoms with Gasteiger partial charge in [-0.25, -0.2) is 0 Å². The lowest BCUT2D eigenvalue weighted by atomic mass is 9.98. The molecule has 21 heavy (non-hydrogen) atoms. The van der Waals surface area contributed by atoms with Crippen molar-refractivity contribution in [2.24, 2.45) is 5.92 Å². The summed E-state index contributed by atoms with van der Waals surface area (Å²) in [7, 11) is 0. The lowest BCUT2D eigenvalue weighted by Crippen LogP contribution is -2.19. The van der Waals surface area contributed by atoms with Gasteiger partial charge < -0.3 is 10.4 Å². The zero-order valence-electron chi connectivity index (χ0n) is 12.0. The van der Waals surface area contributed by atoms with Gasteiger partial charge in [-0.3, -0.25) is 9.59 Å². The molecular formula is C16H21NO3S. The van der Waals surface area contributed by atoms with Crippen LogP contribution in [-0.4, -0.2) is 28.5 Å². The van der Waals surface area contributed by atoms with Crippen LogP contribution < -0.4 is 5.32 Å². The fraction of sp³-hybridized carbons (Fsp3) is 0.500. The average molecular weight is 307 g/mol. The van der Waals surface area contributed by atoms with E-state index >= 15 is 0 Å². The highest BCUT2D eigenvalue weighted by molar-refractivity contribution is 7.99. The molecule has 2 rings (SSSR count). The minimum Gasteiger partial charge on any atom is -0.481 e. The van der Waals surface area contributed by atoms with Gasteiger partial charge in [-0.1, -0.05) is 12.1 Å². The third-order valence-electron chi connectivity index (χ3n) is 3.65. The van der Waals surface area contributed by atoms with E-state index < -0.39 is 5.97 Å². The SMILES string of the molecule is O=C(O)CCc1cccc(NC(=O)CC2CCSCC2)c1. The molecule has 0 saturated carbocycles. The van der Waals surface area contributed by atoms with Crippen LogP contribution in [0.2, 0.25) is 0 Å². The molecule has 0 atom stereocenters. The van der Waals surface area contributed by atoms with E-state index in [4.69, 9.17) is 5.11 Å². The van der Waals surface area contributed by atoms with Gasteiger partial charge in [0.25, 0.3) is 0 Å². The van der Waals surface area contributed by atoms with Crippen LogP contribution in [0.1, 0.15) is 31.2 Å². The highest BCUT2D eigenvalue weighted by Crippen LogP contribution is 2.25. The molecule has 1 aromatic carbocycles. The number of rotatable bonds is 6. The van der Waals surface area contributed by atoms with Crippen molar-refractivity contribution in [2.45, 2.75) is 32.1 Å². The summed E-state index contributed by atoms with van der Waals surface area (Å²) in [5.74, 6) is 2.06. The molecule has 1 amide bonds. The number of amides is 1. The van der Waals surface area contributed by atoms with E-state index in [1.54, 1.807) is 0 Å². The first-order valence-corrected chi connectivity index (χ1v) is 8.47. The van der Waals surface area contributed by atoms with Crippen LogP contribution in [0.3, 0.4) is 0 Å². The number of carbonyl (C=O) groups is 2. The molecule has 0 aromatic heterocycles. The molecule has 1 saturated heterocycles. The van der Waals surface area contributed by atoms with Gasteiger partial charge in [-0.15, -0.1) is 0 Å². The fourth-order valence-electron chi connectivity index (χ4n) is 2.48. The molecule has 0 unspecified atom stereocenters. The Balaban J connectivity index is 1.85. The number of anilines is 1. The number of nitrogens with one attached hydrogen (secondary N) is 1. The summed E-state index contributed by atoms with van der Waals surface area (Å²) < 4.78 is 0. The van der Waals surface area contributed by atoms with Gasteiger partial charge in [0.05, 0.1) is 0 Å². The number of hydrogen-bond acceptors (Lipinski definition) is 3. The first-order chi connectivity index (χ1) is 10.1. The third kappa shape index (κ3) is 5.79. The molecule has 1 aliphatic rings. The van der Waals surface area contributed by atoms with Gasteiger partial charge in [0.2, 0.25) is 5.91 Å². The summed E-state index contributed by atoms with van der Waals surface area (Å²) in [4.78, 5) is 22.6. The number of aliphatic carboxylic acids is 1. The third-order valence-corrected chi connectivity index (χ3v) is 4.70. The van der Waals surface area contributed by atoms with E-state index in [9.17, 15) is 9.59 Å². The second-order valence-corrected chi connectivity index (χ2v) is 6.63. The van der Waals surface area contributed by atoms with Gasteiger partial charge in [0, 0.05) is 18.5 Å². The number of hydrogen-bond donors (Lipinski definition) is 2. The highest BCUT2D eigenvalue weighted by atomic mass is 32.2. The van der Waals surface area contributed by atoms with E-state index in [1.807, 2.05) is 36.0 Å². The Hall–Kier alpha value is -1.49. The number of carbonyl (C=O) groups excluding carboxylic acids is 1. The first kappa shape index (κ1) is 15.9. The summed E-state index contributed by atoms with van der Waals surface area (Å²) in [6.45, 7) is 0. The monoisotopic (exact) mass is 307 g/mol. The zero-order valence-corrected chi connectivity index (χ0v) is 12.8. The van der Waals surface area contributed by atoms with Crippen molar-refractivity contribution in [3.63, 3.8) is 0 Å².